The fourth-order valence-corrected chi connectivity index (χ4v) is 2.82. The standard InChI is InChI=1S/C18H29FN4O.HI/c1-18(2,3)16(24-4)13-21-17(20)23-11-9-22(10-12-23)15-7-5-14(19)6-8-15;/h5-8,16H,9-13H2,1-4H3,(H2,20,21);1H. The Morgan fingerprint density at radius 3 is 2.24 bits per heavy atom. The molecule has 25 heavy (non-hydrogen) atoms. The van der Waals surface area contributed by atoms with Crippen LogP contribution in [0.5, 0.6) is 0 Å². The number of ether oxygens (including phenoxy) is 1. The first-order chi connectivity index (χ1) is 11.3. The van der Waals surface area contributed by atoms with Gasteiger partial charge >= 0.3 is 0 Å². The Bertz CT molecular complexity index is 551. The molecule has 1 atom stereocenters. The van der Waals surface area contributed by atoms with Gasteiger partial charge in [-0.2, -0.15) is 0 Å². The van der Waals surface area contributed by atoms with Crippen molar-refractivity contribution in [2.24, 2.45) is 16.1 Å². The maximum absolute atomic E-state index is 13.0. The molecule has 0 aromatic heterocycles. The summed E-state index contributed by atoms with van der Waals surface area (Å²) in [6.45, 7) is 10.3. The lowest BCUT2D eigenvalue weighted by Crippen LogP contribution is -2.51. The van der Waals surface area contributed by atoms with Gasteiger partial charge in [0, 0.05) is 39.0 Å². The molecule has 1 unspecified atom stereocenters. The Balaban J connectivity index is 0.00000312. The number of nitrogens with zero attached hydrogens (tertiary/aromatic N) is 3. The van der Waals surface area contributed by atoms with Gasteiger partial charge in [-0.1, -0.05) is 20.8 Å². The zero-order chi connectivity index (χ0) is 17.7. The van der Waals surface area contributed by atoms with Crippen LogP contribution in [0.1, 0.15) is 20.8 Å². The van der Waals surface area contributed by atoms with Crippen LogP contribution < -0.4 is 10.6 Å². The number of hydrogen-bond acceptors (Lipinski definition) is 3. The van der Waals surface area contributed by atoms with Crippen LogP contribution in [0.15, 0.2) is 29.3 Å². The molecule has 1 aromatic rings. The average Bonchev–Trinajstić information content (AvgIpc) is 2.55. The minimum absolute atomic E-state index is 0. The van der Waals surface area contributed by atoms with Crippen LogP contribution in [0.25, 0.3) is 0 Å². The molecule has 0 bridgehead atoms. The summed E-state index contributed by atoms with van der Waals surface area (Å²) in [7, 11) is 1.71. The first-order valence-corrected chi connectivity index (χ1v) is 8.39. The molecule has 2 rings (SSSR count). The third-order valence-electron chi connectivity index (χ3n) is 4.46. The summed E-state index contributed by atoms with van der Waals surface area (Å²) in [5.74, 6) is 0.361. The van der Waals surface area contributed by atoms with E-state index in [1.54, 1.807) is 7.11 Å². The van der Waals surface area contributed by atoms with Gasteiger partial charge in [0.1, 0.15) is 5.82 Å². The first kappa shape index (κ1) is 22.0. The molecule has 0 radical (unpaired) electrons. The van der Waals surface area contributed by atoms with Crippen LogP contribution in [0.2, 0.25) is 0 Å². The molecule has 5 nitrogen and oxygen atoms in total. The summed E-state index contributed by atoms with van der Waals surface area (Å²) in [6, 6.07) is 6.62. The lowest BCUT2D eigenvalue weighted by atomic mass is 9.89. The number of piperazine rings is 1. The molecule has 1 aromatic carbocycles. The van der Waals surface area contributed by atoms with Gasteiger partial charge in [0.2, 0.25) is 0 Å². The van der Waals surface area contributed by atoms with E-state index in [0.717, 1.165) is 31.9 Å². The van der Waals surface area contributed by atoms with Gasteiger partial charge in [0.05, 0.1) is 12.6 Å². The summed E-state index contributed by atoms with van der Waals surface area (Å²) in [5.41, 5.74) is 7.22. The highest BCUT2D eigenvalue weighted by molar-refractivity contribution is 14.0. The first-order valence-electron chi connectivity index (χ1n) is 8.39. The third-order valence-corrected chi connectivity index (χ3v) is 4.46. The van der Waals surface area contributed by atoms with Gasteiger partial charge in [-0.15, -0.1) is 24.0 Å². The minimum Gasteiger partial charge on any atom is -0.379 e. The van der Waals surface area contributed by atoms with Gasteiger partial charge in [0.25, 0.3) is 0 Å². The summed E-state index contributed by atoms with van der Waals surface area (Å²) in [5, 5.41) is 0. The quantitative estimate of drug-likeness (QED) is 0.423. The van der Waals surface area contributed by atoms with Crippen LogP contribution >= 0.6 is 24.0 Å². The molecule has 0 amide bonds. The molecule has 142 valence electrons. The Hall–Kier alpha value is -1.09. The van der Waals surface area contributed by atoms with Gasteiger partial charge in [-0.05, 0) is 29.7 Å². The summed E-state index contributed by atoms with van der Waals surface area (Å²) < 4.78 is 18.5. The number of methoxy groups -OCH3 is 1. The Morgan fingerprint density at radius 2 is 1.76 bits per heavy atom. The van der Waals surface area contributed by atoms with Crippen molar-refractivity contribution in [3.05, 3.63) is 30.1 Å². The number of nitrogens with two attached hydrogens (primary N) is 1. The molecule has 7 heteroatoms. The molecule has 1 aliphatic rings. The number of aliphatic imine (C=N–C) groups is 1. The summed E-state index contributed by atoms with van der Waals surface area (Å²) in [6.07, 6.45) is 0.0385. The van der Waals surface area contributed by atoms with Crippen LogP contribution in [-0.4, -0.2) is 56.8 Å². The fourth-order valence-electron chi connectivity index (χ4n) is 2.82. The van der Waals surface area contributed by atoms with Crippen LogP contribution in [-0.2, 0) is 4.74 Å². The maximum Gasteiger partial charge on any atom is 0.191 e. The van der Waals surface area contributed by atoms with E-state index in [2.05, 4.69) is 35.6 Å². The second-order valence-corrected chi connectivity index (χ2v) is 7.24. The lowest BCUT2D eigenvalue weighted by Gasteiger charge is -2.37. The molecule has 1 heterocycles. The van der Waals surface area contributed by atoms with E-state index in [1.807, 2.05) is 12.1 Å². The van der Waals surface area contributed by atoms with Crippen molar-refractivity contribution in [2.45, 2.75) is 26.9 Å². The Morgan fingerprint density at radius 1 is 1.20 bits per heavy atom. The Labute approximate surface area is 167 Å². The van der Waals surface area contributed by atoms with Crippen LogP contribution in [0.3, 0.4) is 0 Å². The van der Waals surface area contributed by atoms with Gasteiger partial charge in [-0.3, -0.25) is 4.99 Å². The van der Waals surface area contributed by atoms with Crippen LogP contribution in [0.4, 0.5) is 10.1 Å². The maximum atomic E-state index is 13.0. The highest BCUT2D eigenvalue weighted by atomic mass is 127. The average molecular weight is 464 g/mol. The predicted octanol–water partition coefficient (Wildman–Crippen LogP) is 2.94. The van der Waals surface area contributed by atoms with Crippen molar-refractivity contribution < 1.29 is 9.13 Å². The molecule has 0 aliphatic carbocycles. The normalized spacial score (nSPS) is 17.2. The van der Waals surface area contributed by atoms with Crippen LogP contribution in [0, 0.1) is 11.2 Å². The van der Waals surface area contributed by atoms with E-state index >= 15 is 0 Å². The largest absolute Gasteiger partial charge is 0.379 e. The van der Waals surface area contributed by atoms with E-state index in [4.69, 9.17) is 10.5 Å². The van der Waals surface area contributed by atoms with E-state index in [0.29, 0.717) is 12.5 Å². The monoisotopic (exact) mass is 464 g/mol. The molecule has 0 saturated carbocycles. The molecule has 1 saturated heterocycles. The molecule has 1 aliphatic heterocycles. The summed E-state index contributed by atoms with van der Waals surface area (Å²) >= 11 is 0. The van der Waals surface area contributed by atoms with Crippen molar-refractivity contribution in [2.75, 3.05) is 44.7 Å². The number of halogens is 2. The Kier molecular flexibility index (Phi) is 8.40. The molecule has 1 fully saturated rings. The topological polar surface area (TPSA) is 54.1 Å². The van der Waals surface area contributed by atoms with Gasteiger partial charge in [0.15, 0.2) is 5.96 Å². The number of hydrogen-bond donors (Lipinski definition) is 1. The zero-order valence-electron chi connectivity index (χ0n) is 15.5. The van der Waals surface area contributed by atoms with E-state index < -0.39 is 0 Å². The van der Waals surface area contributed by atoms with Gasteiger partial charge < -0.3 is 20.3 Å². The molecule has 2 N–H and O–H groups in total. The van der Waals surface area contributed by atoms with Crippen molar-refractivity contribution in [1.82, 2.24) is 4.90 Å². The highest BCUT2D eigenvalue weighted by Crippen LogP contribution is 2.22. The zero-order valence-corrected chi connectivity index (χ0v) is 17.9. The third kappa shape index (κ3) is 6.29. The van der Waals surface area contributed by atoms with Gasteiger partial charge in [-0.25, -0.2) is 4.39 Å². The SMILES string of the molecule is COC(CN=C(N)N1CCN(c2ccc(F)cc2)CC1)C(C)(C)C.I. The second kappa shape index (κ2) is 9.56. The number of guanidine groups is 1. The predicted molar refractivity (Wildman–Crippen MR) is 112 cm³/mol. The fraction of sp³-hybridized carbons (Fsp3) is 0.611. The van der Waals surface area contributed by atoms with Crippen molar-refractivity contribution in [3.8, 4) is 0 Å². The number of anilines is 1. The smallest absolute Gasteiger partial charge is 0.191 e. The van der Waals surface area contributed by atoms with Crippen molar-refractivity contribution >= 4 is 35.6 Å². The second-order valence-electron chi connectivity index (χ2n) is 7.24. The number of benzene rings is 1. The van der Waals surface area contributed by atoms with E-state index in [1.165, 1.54) is 12.1 Å². The summed E-state index contributed by atoms with van der Waals surface area (Å²) in [4.78, 5) is 8.85. The van der Waals surface area contributed by atoms with Crippen molar-refractivity contribution in [1.29, 1.82) is 0 Å². The van der Waals surface area contributed by atoms with Crippen molar-refractivity contribution in [3.63, 3.8) is 0 Å². The lowest BCUT2D eigenvalue weighted by molar-refractivity contribution is 0.0240. The van der Waals surface area contributed by atoms with E-state index in [9.17, 15) is 4.39 Å². The minimum atomic E-state index is -0.208. The molecule has 0 spiro atoms. The molecular weight excluding hydrogens is 434 g/mol. The van der Waals surface area contributed by atoms with E-state index in [-0.39, 0.29) is 41.3 Å². The highest BCUT2D eigenvalue weighted by Gasteiger charge is 2.25. The molecular formula is C18H30FIN4O. The number of rotatable bonds is 4.